The standard InChI is InChI=1S/C18H15NO3S/c1-21-17-9-13(10-20)7-8-16(17)22-11-18-19-15(12-23-18)14-5-3-2-4-6-14/h2-10,12H,11H2,1H3. The molecule has 0 saturated carbocycles. The van der Waals surface area contributed by atoms with E-state index in [0.717, 1.165) is 22.6 Å². The predicted molar refractivity (Wildman–Crippen MR) is 90.3 cm³/mol. The minimum Gasteiger partial charge on any atom is -0.493 e. The van der Waals surface area contributed by atoms with Crippen LogP contribution in [0.15, 0.2) is 53.9 Å². The molecule has 0 fully saturated rings. The first kappa shape index (κ1) is 15.2. The lowest BCUT2D eigenvalue weighted by atomic mass is 10.2. The second kappa shape index (κ2) is 7.07. The van der Waals surface area contributed by atoms with E-state index in [1.807, 2.05) is 35.7 Å². The van der Waals surface area contributed by atoms with Gasteiger partial charge >= 0.3 is 0 Å². The zero-order valence-electron chi connectivity index (χ0n) is 12.6. The minimum atomic E-state index is 0.355. The highest BCUT2D eigenvalue weighted by Crippen LogP contribution is 2.29. The molecule has 0 radical (unpaired) electrons. The van der Waals surface area contributed by atoms with Crippen LogP contribution in [0.4, 0.5) is 0 Å². The normalized spacial score (nSPS) is 10.3. The summed E-state index contributed by atoms with van der Waals surface area (Å²) in [5.41, 5.74) is 2.58. The number of benzene rings is 2. The first-order valence-corrected chi connectivity index (χ1v) is 7.94. The number of aldehydes is 1. The van der Waals surface area contributed by atoms with Gasteiger partial charge in [0, 0.05) is 16.5 Å². The Bertz CT molecular complexity index is 799. The first-order valence-electron chi connectivity index (χ1n) is 7.06. The van der Waals surface area contributed by atoms with Crippen LogP contribution in [0, 0.1) is 0 Å². The van der Waals surface area contributed by atoms with Gasteiger partial charge in [0.05, 0.1) is 12.8 Å². The van der Waals surface area contributed by atoms with Crippen LogP contribution in [-0.4, -0.2) is 18.4 Å². The molecule has 1 heterocycles. The van der Waals surface area contributed by atoms with Gasteiger partial charge in [0.25, 0.3) is 0 Å². The molecule has 0 saturated heterocycles. The fourth-order valence-corrected chi connectivity index (χ4v) is 2.85. The van der Waals surface area contributed by atoms with Crippen molar-refractivity contribution in [1.82, 2.24) is 4.98 Å². The molecular formula is C18H15NO3S. The van der Waals surface area contributed by atoms with Crippen molar-refractivity contribution in [3.05, 3.63) is 64.5 Å². The van der Waals surface area contributed by atoms with Crippen molar-refractivity contribution in [2.24, 2.45) is 0 Å². The summed E-state index contributed by atoms with van der Waals surface area (Å²) in [6.07, 6.45) is 0.777. The third-order valence-corrected chi connectivity index (χ3v) is 4.12. The fourth-order valence-electron chi connectivity index (χ4n) is 2.13. The molecule has 0 N–H and O–H groups in total. The summed E-state index contributed by atoms with van der Waals surface area (Å²) >= 11 is 1.55. The van der Waals surface area contributed by atoms with E-state index in [2.05, 4.69) is 4.98 Å². The van der Waals surface area contributed by atoms with Gasteiger partial charge in [-0.3, -0.25) is 4.79 Å². The largest absolute Gasteiger partial charge is 0.493 e. The number of carbonyl (C=O) groups is 1. The van der Waals surface area contributed by atoms with Crippen molar-refractivity contribution >= 4 is 17.6 Å². The summed E-state index contributed by atoms with van der Waals surface area (Å²) in [5, 5.41) is 2.89. The van der Waals surface area contributed by atoms with Gasteiger partial charge in [-0.2, -0.15) is 0 Å². The summed E-state index contributed by atoms with van der Waals surface area (Å²) in [6, 6.07) is 15.1. The number of nitrogens with zero attached hydrogens (tertiary/aromatic N) is 1. The molecule has 23 heavy (non-hydrogen) atoms. The second-order valence-electron chi connectivity index (χ2n) is 4.81. The van der Waals surface area contributed by atoms with Gasteiger partial charge in [-0.05, 0) is 18.2 Å². The monoisotopic (exact) mass is 325 g/mol. The first-order chi connectivity index (χ1) is 11.3. The molecule has 0 atom stereocenters. The van der Waals surface area contributed by atoms with Crippen LogP contribution in [0.2, 0.25) is 0 Å². The van der Waals surface area contributed by atoms with Crippen molar-refractivity contribution in [1.29, 1.82) is 0 Å². The number of carbonyl (C=O) groups excluding carboxylic acids is 1. The average Bonchev–Trinajstić information content (AvgIpc) is 3.09. The molecule has 0 bridgehead atoms. The number of ether oxygens (including phenoxy) is 2. The molecule has 2 aromatic carbocycles. The Labute approximate surface area is 138 Å². The SMILES string of the molecule is COc1cc(C=O)ccc1OCc1nc(-c2ccccc2)cs1. The van der Waals surface area contributed by atoms with Crippen molar-refractivity contribution in [3.63, 3.8) is 0 Å². The van der Waals surface area contributed by atoms with Crippen LogP contribution in [0.1, 0.15) is 15.4 Å². The van der Waals surface area contributed by atoms with Crippen molar-refractivity contribution < 1.29 is 14.3 Å². The van der Waals surface area contributed by atoms with Crippen LogP contribution in [0.3, 0.4) is 0 Å². The molecular weight excluding hydrogens is 310 g/mol. The van der Waals surface area contributed by atoms with E-state index in [9.17, 15) is 4.79 Å². The molecule has 5 heteroatoms. The summed E-state index contributed by atoms with van der Waals surface area (Å²) in [5.74, 6) is 1.13. The molecule has 116 valence electrons. The average molecular weight is 325 g/mol. The quantitative estimate of drug-likeness (QED) is 0.637. The minimum absolute atomic E-state index is 0.355. The van der Waals surface area contributed by atoms with Crippen molar-refractivity contribution in [2.75, 3.05) is 7.11 Å². The van der Waals surface area contributed by atoms with Crippen LogP contribution >= 0.6 is 11.3 Å². The van der Waals surface area contributed by atoms with Gasteiger partial charge < -0.3 is 9.47 Å². The number of hydrogen-bond donors (Lipinski definition) is 0. The van der Waals surface area contributed by atoms with Crippen LogP contribution in [-0.2, 0) is 6.61 Å². The molecule has 0 unspecified atom stereocenters. The number of aromatic nitrogens is 1. The smallest absolute Gasteiger partial charge is 0.161 e. The van der Waals surface area contributed by atoms with Gasteiger partial charge in [0.15, 0.2) is 11.5 Å². The summed E-state index contributed by atoms with van der Waals surface area (Å²) in [7, 11) is 1.55. The Morgan fingerprint density at radius 2 is 1.96 bits per heavy atom. The number of hydrogen-bond acceptors (Lipinski definition) is 5. The van der Waals surface area contributed by atoms with Gasteiger partial charge in [0.2, 0.25) is 0 Å². The molecule has 3 aromatic rings. The topological polar surface area (TPSA) is 48.4 Å². The summed E-state index contributed by atoms with van der Waals surface area (Å²) < 4.78 is 11.0. The zero-order valence-corrected chi connectivity index (χ0v) is 13.4. The maximum Gasteiger partial charge on any atom is 0.161 e. The maximum absolute atomic E-state index is 10.8. The Hall–Kier alpha value is -2.66. The second-order valence-corrected chi connectivity index (χ2v) is 5.75. The fraction of sp³-hybridized carbons (Fsp3) is 0.111. The van der Waals surface area contributed by atoms with Gasteiger partial charge in [-0.1, -0.05) is 30.3 Å². The van der Waals surface area contributed by atoms with Crippen LogP contribution in [0.5, 0.6) is 11.5 Å². The Balaban J connectivity index is 1.72. The number of methoxy groups -OCH3 is 1. The molecule has 0 aliphatic heterocycles. The van der Waals surface area contributed by atoms with Crippen molar-refractivity contribution in [3.8, 4) is 22.8 Å². The molecule has 3 rings (SSSR count). The predicted octanol–water partition coefficient (Wildman–Crippen LogP) is 4.21. The van der Waals surface area contributed by atoms with Crippen LogP contribution in [0.25, 0.3) is 11.3 Å². The molecule has 1 aromatic heterocycles. The van der Waals surface area contributed by atoms with Crippen LogP contribution < -0.4 is 9.47 Å². The molecule has 0 aliphatic carbocycles. The van der Waals surface area contributed by atoms with E-state index in [1.54, 1.807) is 36.6 Å². The Morgan fingerprint density at radius 1 is 1.13 bits per heavy atom. The summed E-state index contributed by atoms with van der Waals surface area (Å²) in [6.45, 7) is 0.355. The van der Waals surface area contributed by atoms with Gasteiger partial charge in [0.1, 0.15) is 17.9 Å². The third kappa shape index (κ3) is 3.57. The lowest BCUT2D eigenvalue weighted by Crippen LogP contribution is -1.98. The Morgan fingerprint density at radius 3 is 2.70 bits per heavy atom. The zero-order chi connectivity index (χ0) is 16.1. The van der Waals surface area contributed by atoms with E-state index in [-0.39, 0.29) is 0 Å². The van der Waals surface area contributed by atoms with E-state index in [4.69, 9.17) is 9.47 Å². The lowest BCUT2D eigenvalue weighted by molar-refractivity contribution is 0.112. The molecule has 4 nitrogen and oxygen atoms in total. The summed E-state index contributed by atoms with van der Waals surface area (Å²) in [4.78, 5) is 15.4. The van der Waals surface area contributed by atoms with Gasteiger partial charge in [-0.15, -0.1) is 11.3 Å². The van der Waals surface area contributed by atoms with E-state index in [0.29, 0.717) is 23.7 Å². The van der Waals surface area contributed by atoms with Gasteiger partial charge in [-0.25, -0.2) is 4.98 Å². The van der Waals surface area contributed by atoms with E-state index < -0.39 is 0 Å². The highest BCUT2D eigenvalue weighted by molar-refractivity contribution is 7.09. The highest BCUT2D eigenvalue weighted by Gasteiger charge is 2.08. The van der Waals surface area contributed by atoms with E-state index in [1.165, 1.54) is 0 Å². The number of rotatable bonds is 6. The lowest BCUT2D eigenvalue weighted by Gasteiger charge is -2.09. The molecule has 0 spiro atoms. The maximum atomic E-state index is 10.8. The Kier molecular flexibility index (Phi) is 4.68. The van der Waals surface area contributed by atoms with E-state index >= 15 is 0 Å². The highest BCUT2D eigenvalue weighted by atomic mass is 32.1. The molecule has 0 amide bonds. The third-order valence-electron chi connectivity index (χ3n) is 3.30. The molecule has 0 aliphatic rings. The number of thiazole rings is 1. The van der Waals surface area contributed by atoms with Crippen molar-refractivity contribution in [2.45, 2.75) is 6.61 Å².